The van der Waals surface area contributed by atoms with Crippen molar-refractivity contribution >= 4 is 23.1 Å². The van der Waals surface area contributed by atoms with Crippen molar-refractivity contribution in [3.63, 3.8) is 0 Å². The lowest BCUT2D eigenvalue weighted by atomic mass is 9.99. The fraction of sp³-hybridized carbons (Fsp3) is 0.545. The number of halogens is 1. The summed E-state index contributed by atoms with van der Waals surface area (Å²) in [5, 5.41) is 20.4. The second-order valence-corrected chi connectivity index (χ2v) is 4.83. The minimum absolute atomic E-state index is 0.0823. The second-order valence-electron chi connectivity index (χ2n) is 4.39. The first-order valence-corrected chi connectivity index (χ1v) is 6.15. The second kappa shape index (κ2) is 5.49. The molecule has 0 radical (unpaired) electrons. The molecule has 7 heteroatoms. The van der Waals surface area contributed by atoms with Crippen molar-refractivity contribution in [1.29, 1.82) is 0 Å². The molecule has 1 aliphatic heterocycles. The molecule has 6 nitrogen and oxygen atoms in total. The van der Waals surface area contributed by atoms with Gasteiger partial charge in [-0.15, -0.1) is 0 Å². The molecule has 0 saturated carbocycles. The number of aliphatic hydroxyl groups excluding tert-OH is 1. The van der Waals surface area contributed by atoms with Gasteiger partial charge in [0.2, 0.25) is 5.82 Å². The number of hydrogen-bond donors (Lipinski definition) is 1. The Morgan fingerprint density at radius 1 is 1.67 bits per heavy atom. The molecule has 1 aromatic heterocycles. The third-order valence-corrected chi connectivity index (χ3v) is 3.29. The van der Waals surface area contributed by atoms with Crippen LogP contribution < -0.4 is 4.90 Å². The summed E-state index contributed by atoms with van der Waals surface area (Å²) < 4.78 is 0. The van der Waals surface area contributed by atoms with E-state index in [2.05, 4.69) is 4.98 Å². The van der Waals surface area contributed by atoms with Crippen molar-refractivity contribution in [1.82, 2.24) is 4.98 Å². The number of piperidine rings is 1. The molecule has 1 aliphatic rings. The van der Waals surface area contributed by atoms with Crippen LogP contribution in [0.3, 0.4) is 0 Å². The van der Waals surface area contributed by atoms with Gasteiger partial charge in [-0.1, -0.05) is 11.6 Å². The number of nitrogens with zero attached hydrogens (tertiary/aromatic N) is 3. The number of aromatic nitrogens is 1. The maximum Gasteiger partial charge on any atom is 0.313 e. The lowest BCUT2D eigenvalue weighted by Crippen LogP contribution is -2.37. The molecule has 0 aromatic carbocycles. The maximum atomic E-state index is 11.0. The van der Waals surface area contributed by atoms with Crippen LogP contribution in [0.2, 0.25) is 5.02 Å². The Kier molecular flexibility index (Phi) is 3.98. The summed E-state index contributed by atoms with van der Waals surface area (Å²) >= 11 is 5.73. The van der Waals surface area contributed by atoms with Crippen molar-refractivity contribution in [2.24, 2.45) is 5.92 Å². The molecule has 2 rings (SSSR count). The number of anilines is 1. The smallest absolute Gasteiger partial charge is 0.313 e. The number of aliphatic hydroxyl groups is 1. The first-order valence-electron chi connectivity index (χ1n) is 5.77. The topological polar surface area (TPSA) is 79.5 Å². The van der Waals surface area contributed by atoms with Crippen LogP contribution in [0, 0.1) is 16.0 Å². The van der Waals surface area contributed by atoms with Gasteiger partial charge in [-0.25, -0.2) is 4.98 Å². The Bertz CT molecular complexity index is 455. The van der Waals surface area contributed by atoms with Crippen molar-refractivity contribution < 1.29 is 10.0 Å². The molecular weight excluding hydrogens is 258 g/mol. The zero-order valence-electron chi connectivity index (χ0n) is 9.75. The summed E-state index contributed by atoms with van der Waals surface area (Å²) in [6.45, 7) is 1.40. The first kappa shape index (κ1) is 13.0. The van der Waals surface area contributed by atoms with Crippen LogP contribution in [0.1, 0.15) is 12.8 Å². The summed E-state index contributed by atoms with van der Waals surface area (Å²) in [5.74, 6) is 0.485. The largest absolute Gasteiger partial charge is 0.396 e. The van der Waals surface area contributed by atoms with Gasteiger partial charge in [-0.3, -0.25) is 10.1 Å². The lowest BCUT2D eigenvalue weighted by molar-refractivity contribution is -0.384. The standard InChI is InChI=1S/C11H14ClN3O3/c12-9-4-10(15(17)18)11(13-5-9)14-3-1-2-8(6-14)7-16/h4-5,8,16H,1-3,6-7H2. The predicted molar refractivity (Wildman–Crippen MR) is 67.9 cm³/mol. The normalized spacial score (nSPS) is 19.9. The van der Waals surface area contributed by atoms with Crippen molar-refractivity contribution in [2.75, 3.05) is 24.6 Å². The third-order valence-electron chi connectivity index (χ3n) is 3.09. The van der Waals surface area contributed by atoms with E-state index in [0.717, 1.165) is 12.8 Å². The quantitative estimate of drug-likeness (QED) is 0.670. The van der Waals surface area contributed by atoms with E-state index in [1.165, 1.54) is 12.3 Å². The number of rotatable bonds is 3. The SMILES string of the molecule is O=[N+]([O-])c1cc(Cl)cnc1N1CCCC(CO)C1. The van der Waals surface area contributed by atoms with Crippen molar-refractivity contribution in [2.45, 2.75) is 12.8 Å². The molecule has 0 aliphatic carbocycles. The average Bonchev–Trinajstić information content (AvgIpc) is 2.38. The molecule has 1 saturated heterocycles. The zero-order valence-corrected chi connectivity index (χ0v) is 10.5. The molecule has 1 unspecified atom stereocenters. The van der Waals surface area contributed by atoms with E-state index in [9.17, 15) is 15.2 Å². The van der Waals surface area contributed by atoms with Crippen LogP contribution in [-0.2, 0) is 0 Å². The van der Waals surface area contributed by atoms with Crippen molar-refractivity contribution in [3.8, 4) is 0 Å². The highest BCUT2D eigenvalue weighted by Gasteiger charge is 2.26. The highest BCUT2D eigenvalue weighted by atomic mass is 35.5. The van der Waals surface area contributed by atoms with Gasteiger partial charge in [0.15, 0.2) is 0 Å². The first-order chi connectivity index (χ1) is 8.61. The number of pyridine rings is 1. The van der Waals surface area contributed by atoms with E-state index in [1.54, 1.807) is 0 Å². The van der Waals surface area contributed by atoms with E-state index >= 15 is 0 Å². The molecule has 0 spiro atoms. The predicted octanol–water partition coefficient (Wildman–Crippen LogP) is 1.85. The van der Waals surface area contributed by atoms with Gasteiger partial charge in [0.05, 0.1) is 9.95 Å². The summed E-state index contributed by atoms with van der Waals surface area (Å²) in [6, 6.07) is 1.31. The average molecular weight is 272 g/mol. The van der Waals surface area contributed by atoms with E-state index < -0.39 is 4.92 Å². The highest BCUT2D eigenvalue weighted by Crippen LogP contribution is 2.31. The summed E-state index contributed by atoms with van der Waals surface area (Å²) in [5.41, 5.74) is -0.0823. The molecule has 0 bridgehead atoms. The molecule has 18 heavy (non-hydrogen) atoms. The summed E-state index contributed by atoms with van der Waals surface area (Å²) in [7, 11) is 0. The molecule has 1 N–H and O–H groups in total. The fourth-order valence-electron chi connectivity index (χ4n) is 2.21. The van der Waals surface area contributed by atoms with Gasteiger partial charge in [0, 0.05) is 32.0 Å². The lowest BCUT2D eigenvalue weighted by Gasteiger charge is -2.32. The molecule has 2 heterocycles. The van der Waals surface area contributed by atoms with E-state index in [-0.39, 0.29) is 23.2 Å². The van der Waals surface area contributed by atoms with Gasteiger partial charge >= 0.3 is 5.69 Å². The zero-order chi connectivity index (χ0) is 13.1. The minimum Gasteiger partial charge on any atom is -0.396 e. The molecule has 1 atom stereocenters. The van der Waals surface area contributed by atoms with E-state index in [4.69, 9.17) is 11.6 Å². The monoisotopic (exact) mass is 271 g/mol. The number of nitro groups is 1. The maximum absolute atomic E-state index is 11.0. The Hall–Kier alpha value is -1.40. The minimum atomic E-state index is -0.475. The number of hydrogen-bond acceptors (Lipinski definition) is 5. The van der Waals surface area contributed by atoms with E-state index in [0.29, 0.717) is 18.9 Å². The Labute approximate surface area is 109 Å². The van der Waals surface area contributed by atoms with Crippen LogP contribution in [0.25, 0.3) is 0 Å². The Balaban J connectivity index is 2.29. The van der Waals surface area contributed by atoms with Gasteiger partial charge in [0.1, 0.15) is 0 Å². The van der Waals surface area contributed by atoms with Gasteiger partial charge in [0.25, 0.3) is 0 Å². The molecule has 1 fully saturated rings. The van der Waals surface area contributed by atoms with Crippen LogP contribution in [0.15, 0.2) is 12.3 Å². The van der Waals surface area contributed by atoms with Crippen LogP contribution in [-0.4, -0.2) is 34.7 Å². The molecular formula is C11H14ClN3O3. The summed E-state index contributed by atoms with van der Waals surface area (Å²) in [4.78, 5) is 16.4. The van der Waals surface area contributed by atoms with Gasteiger partial charge in [-0.2, -0.15) is 0 Å². The Morgan fingerprint density at radius 2 is 2.44 bits per heavy atom. The molecule has 1 aromatic rings. The Morgan fingerprint density at radius 3 is 3.11 bits per heavy atom. The molecule has 98 valence electrons. The van der Waals surface area contributed by atoms with Crippen LogP contribution in [0.5, 0.6) is 0 Å². The third kappa shape index (κ3) is 2.70. The van der Waals surface area contributed by atoms with Gasteiger partial charge in [-0.05, 0) is 18.8 Å². The van der Waals surface area contributed by atoms with Gasteiger partial charge < -0.3 is 10.0 Å². The molecule has 0 amide bonds. The fourth-order valence-corrected chi connectivity index (χ4v) is 2.36. The highest BCUT2D eigenvalue weighted by molar-refractivity contribution is 6.30. The van der Waals surface area contributed by atoms with Crippen LogP contribution >= 0.6 is 11.6 Å². The van der Waals surface area contributed by atoms with E-state index in [1.807, 2.05) is 4.90 Å². The summed E-state index contributed by atoms with van der Waals surface area (Å²) in [6.07, 6.45) is 3.24. The van der Waals surface area contributed by atoms with Crippen molar-refractivity contribution in [3.05, 3.63) is 27.4 Å². The van der Waals surface area contributed by atoms with Crippen LogP contribution in [0.4, 0.5) is 11.5 Å².